The van der Waals surface area contributed by atoms with Crippen LogP contribution >= 0.6 is 0 Å². The summed E-state index contributed by atoms with van der Waals surface area (Å²) in [6.07, 6.45) is 7.04. The second kappa shape index (κ2) is 4.92. The van der Waals surface area contributed by atoms with Gasteiger partial charge in [-0.05, 0) is 79.2 Å². The Labute approximate surface area is 156 Å². The molecule has 0 spiro atoms. The van der Waals surface area contributed by atoms with E-state index in [9.17, 15) is 4.79 Å². The lowest BCUT2D eigenvalue weighted by atomic mass is 9.44. The lowest BCUT2D eigenvalue weighted by molar-refractivity contribution is -0.139. The summed E-state index contributed by atoms with van der Waals surface area (Å²) in [7, 11) is 1.76. The van der Waals surface area contributed by atoms with E-state index in [1.165, 1.54) is 30.5 Å². The lowest BCUT2D eigenvalue weighted by Gasteiger charge is -2.65. The first-order valence-electron chi connectivity index (χ1n) is 10.5. The third-order valence-corrected chi connectivity index (χ3v) is 8.88. The van der Waals surface area contributed by atoms with Crippen molar-refractivity contribution in [3.63, 3.8) is 0 Å². The molecule has 2 bridgehead atoms. The summed E-state index contributed by atoms with van der Waals surface area (Å²) in [5.74, 6) is 3.39. The van der Waals surface area contributed by atoms with Crippen LogP contribution in [0.25, 0.3) is 0 Å². The van der Waals surface area contributed by atoms with Crippen LogP contribution in [0.1, 0.15) is 50.2 Å². The average Bonchev–Trinajstić information content (AvgIpc) is 3.52. The summed E-state index contributed by atoms with van der Waals surface area (Å²) in [6, 6.07) is 7.29. The number of rotatable bonds is 3. The minimum absolute atomic E-state index is 0.0363. The van der Waals surface area contributed by atoms with Gasteiger partial charge in [-0.2, -0.15) is 0 Å². The first kappa shape index (κ1) is 15.7. The van der Waals surface area contributed by atoms with Gasteiger partial charge in [-0.25, -0.2) is 0 Å². The molecule has 1 aromatic carbocycles. The molecule has 5 aliphatic rings. The average molecular weight is 351 g/mol. The first-order chi connectivity index (χ1) is 12.6. The number of ether oxygens (including phenoxy) is 1. The van der Waals surface area contributed by atoms with Crippen LogP contribution in [0.5, 0.6) is 5.75 Å². The van der Waals surface area contributed by atoms with Crippen LogP contribution in [0.2, 0.25) is 0 Å². The van der Waals surface area contributed by atoms with Crippen molar-refractivity contribution >= 4 is 5.78 Å². The van der Waals surface area contributed by atoms with Gasteiger partial charge in [-0.3, -0.25) is 9.69 Å². The second-order valence-corrected chi connectivity index (χ2v) is 9.89. The van der Waals surface area contributed by atoms with E-state index >= 15 is 0 Å². The molecule has 138 valence electrons. The molecular weight excluding hydrogens is 322 g/mol. The number of piperidine rings is 1. The van der Waals surface area contributed by atoms with Gasteiger partial charge in [0.25, 0.3) is 0 Å². The molecule has 5 atom stereocenters. The molecule has 3 saturated carbocycles. The topological polar surface area (TPSA) is 29.5 Å². The summed E-state index contributed by atoms with van der Waals surface area (Å²) < 4.78 is 5.58. The van der Waals surface area contributed by atoms with Gasteiger partial charge in [0.1, 0.15) is 11.5 Å². The molecular formula is C23H29NO2. The van der Waals surface area contributed by atoms with Crippen LogP contribution < -0.4 is 4.74 Å². The van der Waals surface area contributed by atoms with Crippen LogP contribution in [0.4, 0.5) is 0 Å². The van der Waals surface area contributed by atoms with Crippen LogP contribution in [0.3, 0.4) is 0 Å². The van der Waals surface area contributed by atoms with Crippen molar-refractivity contribution < 1.29 is 9.53 Å². The van der Waals surface area contributed by atoms with E-state index in [2.05, 4.69) is 30.0 Å². The third-order valence-electron chi connectivity index (χ3n) is 8.88. The maximum absolute atomic E-state index is 12.9. The number of carbonyl (C=O) groups is 1. The first-order valence-corrected chi connectivity index (χ1v) is 10.5. The Morgan fingerprint density at radius 2 is 2.15 bits per heavy atom. The summed E-state index contributed by atoms with van der Waals surface area (Å²) in [4.78, 5) is 15.7. The number of Topliss-reactive ketones (excluding diaryl/α,β-unsaturated/α-hetero) is 1. The Bertz CT molecular complexity index is 799. The quantitative estimate of drug-likeness (QED) is 0.833. The molecule has 4 fully saturated rings. The Morgan fingerprint density at radius 3 is 2.92 bits per heavy atom. The van der Waals surface area contributed by atoms with E-state index < -0.39 is 0 Å². The van der Waals surface area contributed by atoms with Crippen molar-refractivity contribution in [3.8, 4) is 5.75 Å². The fourth-order valence-electron chi connectivity index (χ4n) is 7.21. The maximum atomic E-state index is 12.9. The number of likely N-dealkylation sites (tertiary alicyclic amines) is 1. The monoisotopic (exact) mass is 351 g/mol. The molecule has 0 N–H and O–H groups in total. The van der Waals surface area contributed by atoms with Crippen molar-refractivity contribution in [2.45, 2.75) is 56.9 Å². The molecule has 0 amide bonds. The van der Waals surface area contributed by atoms with Crippen molar-refractivity contribution in [1.29, 1.82) is 0 Å². The Morgan fingerprint density at radius 1 is 1.31 bits per heavy atom. The molecule has 0 aromatic heterocycles. The molecule has 1 saturated heterocycles. The highest BCUT2D eigenvalue weighted by molar-refractivity contribution is 5.87. The smallest absolute Gasteiger partial charge is 0.137 e. The summed E-state index contributed by atoms with van der Waals surface area (Å²) >= 11 is 0. The number of carbonyl (C=O) groups excluding carboxylic acids is 1. The van der Waals surface area contributed by atoms with Gasteiger partial charge < -0.3 is 4.74 Å². The van der Waals surface area contributed by atoms with Crippen molar-refractivity contribution in [1.82, 2.24) is 4.90 Å². The number of fused-ring (bicyclic) bond motifs is 2. The molecule has 4 aliphatic carbocycles. The summed E-state index contributed by atoms with van der Waals surface area (Å²) in [5, 5.41) is 0. The van der Waals surface area contributed by atoms with Crippen molar-refractivity contribution in [3.05, 3.63) is 29.3 Å². The van der Waals surface area contributed by atoms with Crippen LogP contribution in [-0.4, -0.2) is 36.9 Å². The number of methoxy groups -OCH3 is 1. The number of hydrogen-bond donors (Lipinski definition) is 0. The van der Waals surface area contributed by atoms with E-state index in [0.717, 1.165) is 43.9 Å². The van der Waals surface area contributed by atoms with E-state index in [0.29, 0.717) is 23.7 Å². The Kier molecular flexibility index (Phi) is 2.97. The normalized spacial score (nSPS) is 43.3. The SMILES string of the molecule is COc1ccc2c(c1)[C@]13CCN(CC4CC4)[C@H](C2)C1(C)C1CC1C(=O)C3. The zero-order valence-electron chi connectivity index (χ0n) is 16.0. The number of ketones is 1. The van der Waals surface area contributed by atoms with Gasteiger partial charge in [-0.15, -0.1) is 0 Å². The zero-order valence-corrected chi connectivity index (χ0v) is 16.0. The molecule has 3 nitrogen and oxygen atoms in total. The Hall–Kier alpha value is -1.35. The molecule has 0 radical (unpaired) electrons. The molecule has 3 unspecified atom stereocenters. The minimum Gasteiger partial charge on any atom is -0.497 e. The fraction of sp³-hybridized carbons (Fsp3) is 0.696. The van der Waals surface area contributed by atoms with Crippen molar-refractivity contribution in [2.75, 3.05) is 20.2 Å². The minimum atomic E-state index is 0.0363. The molecule has 1 aromatic rings. The van der Waals surface area contributed by atoms with Gasteiger partial charge >= 0.3 is 0 Å². The molecule has 1 aliphatic heterocycles. The van der Waals surface area contributed by atoms with E-state index in [4.69, 9.17) is 4.74 Å². The highest BCUT2D eigenvalue weighted by atomic mass is 16.5. The van der Waals surface area contributed by atoms with Gasteiger partial charge in [0.15, 0.2) is 0 Å². The van der Waals surface area contributed by atoms with Crippen molar-refractivity contribution in [2.24, 2.45) is 23.2 Å². The molecule has 6 rings (SSSR count). The highest BCUT2D eigenvalue weighted by Gasteiger charge is 2.72. The van der Waals surface area contributed by atoms with Gasteiger partial charge in [0.05, 0.1) is 7.11 Å². The lowest BCUT2D eigenvalue weighted by Crippen LogP contribution is -2.69. The Balaban J connectivity index is 1.53. The second-order valence-electron chi connectivity index (χ2n) is 9.89. The number of nitrogens with zero attached hydrogens (tertiary/aromatic N) is 1. The molecule has 3 heteroatoms. The summed E-state index contributed by atoms with van der Waals surface area (Å²) in [6.45, 7) is 5.00. The predicted octanol–water partition coefficient (Wildman–Crippen LogP) is 3.59. The fourth-order valence-corrected chi connectivity index (χ4v) is 7.21. The maximum Gasteiger partial charge on any atom is 0.137 e. The van der Waals surface area contributed by atoms with Gasteiger partial charge in [-0.1, -0.05) is 13.0 Å². The van der Waals surface area contributed by atoms with Crippen LogP contribution in [0, 0.1) is 23.2 Å². The van der Waals surface area contributed by atoms with E-state index in [1.807, 2.05) is 0 Å². The molecule has 1 heterocycles. The van der Waals surface area contributed by atoms with Crippen LogP contribution in [0.15, 0.2) is 18.2 Å². The summed E-state index contributed by atoms with van der Waals surface area (Å²) in [5.41, 5.74) is 3.20. The standard InChI is InChI=1S/C23H29NO2/c1-22-19-11-17(19)20(25)12-23(22)7-8-24(13-14-3-4-14)21(22)9-15-5-6-16(26-2)10-18(15)23/h5-6,10,14,17,19,21H,3-4,7-9,11-13H2,1-2H3/t17?,19?,21-,22?,23-/m1/s1. The van der Waals surface area contributed by atoms with Gasteiger partial charge in [0, 0.05) is 30.3 Å². The predicted molar refractivity (Wildman–Crippen MR) is 100 cm³/mol. The van der Waals surface area contributed by atoms with E-state index in [-0.39, 0.29) is 10.8 Å². The van der Waals surface area contributed by atoms with Crippen LogP contribution in [-0.2, 0) is 16.6 Å². The third kappa shape index (κ3) is 1.81. The molecule has 26 heavy (non-hydrogen) atoms. The number of benzene rings is 1. The number of hydrogen-bond acceptors (Lipinski definition) is 3. The van der Waals surface area contributed by atoms with Gasteiger partial charge in [0.2, 0.25) is 0 Å². The zero-order chi connectivity index (χ0) is 17.7. The highest BCUT2D eigenvalue weighted by Crippen LogP contribution is 2.72. The largest absolute Gasteiger partial charge is 0.497 e. The van der Waals surface area contributed by atoms with E-state index in [1.54, 1.807) is 7.11 Å².